The van der Waals surface area contributed by atoms with E-state index in [9.17, 15) is 12.8 Å². The Bertz CT molecular complexity index is 991. The van der Waals surface area contributed by atoms with Crippen molar-refractivity contribution in [2.75, 3.05) is 12.9 Å². The van der Waals surface area contributed by atoms with Crippen LogP contribution in [-0.4, -0.2) is 31.2 Å². The molecule has 0 aliphatic heterocycles. The van der Waals surface area contributed by atoms with Gasteiger partial charge >= 0.3 is 0 Å². The van der Waals surface area contributed by atoms with E-state index in [-0.39, 0.29) is 10.0 Å². The van der Waals surface area contributed by atoms with Crippen LogP contribution in [-0.2, 0) is 14.6 Å². The second kappa shape index (κ2) is 7.43. The summed E-state index contributed by atoms with van der Waals surface area (Å²) in [7, 11) is -3.46. The number of hydrogen-bond acceptors (Lipinski definition) is 4. The molecule has 4 atom stereocenters. The second-order valence-corrected chi connectivity index (χ2v) is 10.5. The molecular formula is C20H24ClFN2O3S. The molecular weight excluding hydrogens is 403 g/mol. The van der Waals surface area contributed by atoms with E-state index >= 15 is 0 Å². The zero-order chi connectivity index (χ0) is 20.1. The molecule has 0 radical (unpaired) electrons. The number of ether oxygens (including phenoxy) is 1. The Kier molecular flexibility index (Phi) is 5.27. The van der Waals surface area contributed by atoms with Crippen molar-refractivity contribution in [3.05, 3.63) is 46.1 Å². The Hall–Kier alpha value is -1.44. The van der Waals surface area contributed by atoms with E-state index in [0.29, 0.717) is 29.6 Å². The summed E-state index contributed by atoms with van der Waals surface area (Å²) in [4.78, 5) is 7.33. The molecule has 5 nitrogen and oxygen atoms in total. The van der Waals surface area contributed by atoms with Gasteiger partial charge in [0.25, 0.3) is 0 Å². The molecule has 2 saturated carbocycles. The molecule has 0 spiro atoms. The molecule has 8 heteroatoms. The fourth-order valence-corrected chi connectivity index (χ4v) is 5.35. The van der Waals surface area contributed by atoms with Crippen LogP contribution in [0.1, 0.15) is 48.9 Å². The first-order valence-corrected chi connectivity index (χ1v) is 11.8. The van der Waals surface area contributed by atoms with Crippen LogP contribution in [0.15, 0.2) is 23.2 Å². The first-order valence-electron chi connectivity index (χ1n) is 9.55. The third kappa shape index (κ3) is 4.11. The Morgan fingerprint density at radius 2 is 2.11 bits per heavy atom. The van der Waals surface area contributed by atoms with Crippen LogP contribution >= 0.6 is 11.6 Å². The van der Waals surface area contributed by atoms with Crippen molar-refractivity contribution >= 4 is 21.4 Å². The Morgan fingerprint density at radius 1 is 1.32 bits per heavy atom. The van der Waals surface area contributed by atoms with Crippen LogP contribution in [0.2, 0.25) is 5.02 Å². The van der Waals surface area contributed by atoms with Crippen molar-refractivity contribution in [3.8, 4) is 0 Å². The fraction of sp³-hybridized carbons (Fsp3) is 0.550. The zero-order valence-electron chi connectivity index (χ0n) is 15.9. The summed E-state index contributed by atoms with van der Waals surface area (Å²) in [5.41, 5.74) is 1.10. The molecule has 4 rings (SSSR count). The normalized spacial score (nSPS) is 25.4. The lowest BCUT2D eigenvalue weighted by atomic mass is 9.90. The van der Waals surface area contributed by atoms with Gasteiger partial charge in [0.05, 0.1) is 17.3 Å². The summed E-state index contributed by atoms with van der Waals surface area (Å²) in [5.74, 6) is 2.11. The van der Waals surface area contributed by atoms with Crippen LogP contribution in [0.25, 0.3) is 0 Å². The van der Waals surface area contributed by atoms with Gasteiger partial charge < -0.3 is 9.72 Å². The van der Waals surface area contributed by atoms with Gasteiger partial charge in [-0.1, -0.05) is 17.7 Å². The van der Waals surface area contributed by atoms with Gasteiger partial charge in [0, 0.05) is 6.26 Å². The summed E-state index contributed by atoms with van der Waals surface area (Å²) < 4.78 is 43.8. The third-order valence-corrected chi connectivity index (χ3v) is 7.24. The molecule has 2 aliphatic rings. The molecule has 4 unspecified atom stereocenters. The highest BCUT2D eigenvalue weighted by Gasteiger charge is 2.42. The molecule has 1 N–H and O–H groups in total. The smallest absolute Gasteiger partial charge is 0.194 e. The van der Waals surface area contributed by atoms with Crippen molar-refractivity contribution in [1.82, 2.24) is 9.97 Å². The second-order valence-electron chi connectivity index (χ2n) is 8.15. The summed E-state index contributed by atoms with van der Waals surface area (Å²) >= 11 is 5.97. The van der Waals surface area contributed by atoms with Gasteiger partial charge in [-0.25, -0.2) is 17.8 Å². The molecule has 1 aromatic heterocycles. The number of nitrogens with one attached hydrogen (secondary N) is 1. The number of benzene rings is 1. The zero-order valence-corrected chi connectivity index (χ0v) is 17.5. The highest BCUT2D eigenvalue weighted by molar-refractivity contribution is 7.90. The van der Waals surface area contributed by atoms with Gasteiger partial charge in [-0.15, -0.1) is 0 Å². The predicted molar refractivity (Wildman–Crippen MR) is 105 cm³/mol. The first-order chi connectivity index (χ1) is 13.2. The highest BCUT2D eigenvalue weighted by atomic mass is 35.5. The molecule has 0 bridgehead atoms. The molecule has 2 aromatic rings. The third-order valence-electron chi connectivity index (χ3n) is 5.85. The molecule has 1 heterocycles. The minimum absolute atomic E-state index is 0.00259. The summed E-state index contributed by atoms with van der Waals surface area (Å²) in [5, 5.41) is -0.000926. The molecule has 1 aromatic carbocycles. The van der Waals surface area contributed by atoms with Crippen molar-refractivity contribution < 1.29 is 17.5 Å². The van der Waals surface area contributed by atoms with Crippen molar-refractivity contribution in [1.29, 1.82) is 0 Å². The van der Waals surface area contributed by atoms with Crippen LogP contribution in [0.4, 0.5) is 4.39 Å². The lowest BCUT2D eigenvalue weighted by Crippen LogP contribution is -2.18. The molecule has 28 heavy (non-hydrogen) atoms. The van der Waals surface area contributed by atoms with Crippen molar-refractivity contribution in [2.24, 2.45) is 17.8 Å². The largest absolute Gasteiger partial charge is 0.365 e. The number of sulfone groups is 1. The lowest BCUT2D eigenvalue weighted by Gasteiger charge is -2.24. The minimum atomic E-state index is -3.46. The van der Waals surface area contributed by atoms with Gasteiger partial charge in [-0.05, 0) is 68.1 Å². The number of imidazole rings is 1. The lowest BCUT2D eigenvalue weighted by molar-refractivity contribution is 0.0364. The van der Waals surface area contributed by atoms with Crippen LogP contribution in [0.3, 0.4) is 0 Å². The maximum atomic E-state index is 13.6. The van der Waals surface area contributed by atoms with Gasteiger partial charge in [0.15, 0.2) is 14.9 Å². The summed E-state index contributed by atoms with van der Waals surface area (Å²) in [6, 6.07) is 4.40. The van der Waals surface area contributed by atoms with Gasteiger partial charge in [-0.2, -0.15) is 0 Å². The Balaban J connectivity index is 1.61. The number of halogens is 2. The monoisotopic (exact) mass is 426 g/mol. The number of hydrogen-bond donors (Lipinski definition) is 1. The number of H-pyrrole nitrogens is 1. The van der Waals surface area contributed by atoms with Crippen molar-refractivity contribution in [2.45, 2.75) is 43.7 Å². The number of rotatable bonds is 6. The van der Waals surface area contributed by atoms with Gasteiger partial charge in [0.1, 0.15) is 17.7 Å². The Labute approximate surface area is 169 Å². The minimum Gasteiger partial charge on any atom is -0.365 e. The first kappa shape index (κ1) is 19.9. The molecule has 0 amide bonds. The number of aromatic nitrogens is 2. The average molecular weight is 427 g/mol. The summed E-state index contributed by atoms with van der Waals surface area (Å²) in [6.45, 7) is 2.22. The van der Waals surface area contributed by atoms with Crippen molar-refractivity contribution in [3.63, 3.8) is 0 Å². The molecule has 152 valence electrons. The number of nitrogens with zero attached hydrogens (tertiary/aromatic N) is 1. The van der Waals surface area contributed by atoms with E-state index in [0.717, 1.165) is 24.5 Å². The van der Waals surface area contributed by atoms with E-state index in [2.05, 4.69) is 9.97 Å². The van der Waals surface area contributed by atoms with E-state index in [1.807, 2.05) is 0 Å². The number of aryl methyl sites for hydroxylation is 1. The molecule has 0 saturated heterocycles. The van der Waals surface area contributed by atoms with Crippen LogP contribution in [0, 0.1) is 30.5 Å². The molecule has 2 aliphatic carbocycles. The van der Waals surface area contributed by atoms with Crippen LogP contribution in [0.5, 0.6) is 0 Å². The van der Waals surface area contributed by atoms with Crippen LogP contribution < -0.4 is 0 Å². The quantitative estimate of drug-likeness (QED) is 0.740. The highest BCUT2D eigenvalue weighted by Crippen LogP contribution is 2.51. The molecule has 2 fully saturated rings. The van der Waals surface area contributed by atoms with E-state index in [4.69, 9.17) is 16.3 Å². The number of fused-ring (bicyclic) bond motifs is 1. The predicted octanol–water partition coefficient (Wildman–Crippen LogP) is 4.46. The maximum absolute atomic E-state index is 13.6. The van der Waals surface area contributed by atoms with E-state index < -0.39 is 21.8 Å². The number of aromatic amines is 1. The summed E-state index contributed by atoms with van der Waals surface area (Å²) in [6.07, 6.45) is 5.40. The topological polar surface area (TPSA) is 72.0 Å². The van der Waals surface area contributed by atoms with E-state index in [1.165, 1.54) is 31.4 Å². The van der Waals surface area contributed by atoms with Gasteiger partial charge in [0.2, 0.25) is 0 Å². The fourth-order valence-electron chi connectivity index (χ4n) is 4.29. The average Bonchev–Trinajstić information content (AvgIpc) is 3.29. The van der Waals surface area contributed by atoms with Gasteiger partial charge in [-0.3, -0.25) is 0 Å². The maximum Gasteiger partial charge on any atom is 0.194 e. The SMILES string of the molecule is Cc1[nH]c(C(OCC2CCC3CC3C2)c2ccc(F)c(Cl)c2)nc1S(C)(=O)=O. The standard InChI is InChI=1S/C20H24ClFN2O3S/c1-11-20(28(2,25)26)24-19(23-11)18(14-5-6-17(22)16(21)9-14)27-10-12-3-4-13-8-15(13)7-12/h5-6,9,12-13,15,18H,3-4,7-8,10H2,1-2H3,(H,23,24). The van der Waals surface area contributed by atoms with E-state index in [1.54, 1.807) is 13.0 Å². The Morgan fingerprint density at radius 3 is 2.75 bits per heavy atom.